The molecule has 1 unspecified atom stereocenters. The van der Waals surface area contributed by atoms with Gasteiger partial charge >= 0.3 is 5.97 Å². The molecule has 1 aromatic heterocycles. The van der Waals surface area contributed by atoms with Crippen molar-refractivity contribution >= 4 is 48.1 Å². The van der Waals surface area contributed by atoms with Crippen LogP contribution in [-0.4, -0.2) is 160 Å². The molecule has 22 nitrogen and oxygen atoms in total. The number of hydrogen-bond donors (Lipinski definition) is 4. The number of allylic oxidation sites excluding steroid dienone is 3. The monoisotopic (exact) mass is 1100 g/mol. The maximum absolute atomic E-state index is 12.5. The quantitative estimate of drug-likeness (QED) is 0.0220. The normalized spacial score (nSPS) is 16.2. The van der Waals surface area contributed by atoms with E-state index < -0.39 is 59.3 Å². The second kappa shape index (κ2) is 28.6. The number of methoxy groups -OCH3 is 1. The van der Waals surface area contributed by atoms with Crippen molar-refractivity contribution < 1.29 is 86.5 Å². The summed E-state index contributed by atoms with van der Waals surface area (Å²) < 4.78 is 133. The Labute approximate surface area is 432 Å². The zero-order valence-corrected chi connectivity index (χ0v) is 44.3. The zero-order chi connectivity index (χ0) is 53.8. The van der Waals surface area contributed by atoms with E-state index in [-0.39, 0.29) is 36.3 Å². The summed E-state index contributed by atoms with van der Waals surface area (Å²) in [4.78, 5) is 19.2. The van der Waals surface area contributed by atoms with E-state index in [2.05, 4.69) is 4.18 Å². The summed E-state index contributed by atoms with van der Waals surface area (Å²) in [6.07, 6.45) is 8.86. The molecule has 1 atom stereocenters. The largest absolute Gasteiger partial charge is 0.492 e. The molecule has 3 heterocycles. The fourth-order valence-electron chi connectivity index (χ4n) is 8.33. The van der Waals surface area contributed by atoms with E-state index in [0.717, 1.165) is 23.6 Å². The number of carbonyl (C=O) groups excluding carboxylic acids is 1. The number of aromatic nitrogens is 1. The van der Waals surface area contributed by atoms with Crippen LogP contribution in [-0.2, 0) is 68.4 Å². The van der Waals surface area contributed by atoms with E-state index in [4.69, 9.17) is 32.9 Å². The number of hydrogen-bond acceptors (Lipinski definition) is 18. The molecule has 2 aliphatic heterocycles. The Kier molecular flexibility index (Phi) is 23.1. The van der Waals surface area contributed by atoms with Crippen LogP contribution in [0.2, 0.25) is 0 Å². The first-order valence-electron chi connectivity index (χ1n) is 24.0. The second-order valence-electron chi connectivity index (χ2n) is 17.3. The lowest BCUT2D eigenvalue weighted by Crippen LogP contribution is -2.35. The molecule has 0 radical (unpaired) electrons. The van der Waals surface area contributed by atoms with Crippen LogP contribution in [0.5, 0.6) is 11.8 Å². The summed E-state index contributed by atoms with van der Waals surface area (Å²) in [5.74, 6) is -1.79. The molecule has 0 saturated heterocycles. The molecule has 0 spiro atoms. The molecular weight excluding hydrogens is 1030 g/mol. The van der Waals surface area contributed by atoms with Crippen LogP contribution < -0.4 is 19.7 Å². The van der Waals surface area contributed by atoms with E-state index >= 15 is 0 Å². The van der Waals surface area contributed by atoms with Crippen LogP contribution in [0.15, 0.2) is 88.0 Å². The van der Waals surface area contributed by atoms with Crippen LogP contribution in [0, 0.1) is 0 Å². The minimum atomic E-state index is -4.64. The van der Waals surface area contributed by atoms with Crippen LogP contribution in [0.4, 0.5) is 5.69 Å². The smallest absolute Gasteiger partial charge is 0.333 e. The highest BCUT2D eigenvalue weighted by atomic mass is 32.2. The summed E-state index contributed by atoms with van der Waals surface area (Å²) in [5, 5.41) is 20.4. The van der Waals surface area contributed by atoms with Gasteiger partial charge in [0, 0.05) is 67.1 Å². The Hall–Kier alpha value is -5.19. The second-order valence-corrected chi connectivity index (χ2v) is 22.2. The van der Waals surface area contributed by atoms with E-state index in [9.17, 15) is 49.4 Å². The van der Waals surface area contributed by atoms with Gasteiger partial charge in [-0.2, -0.15) is 25.3 Å². The third-order valence-electron chi connectivity index (χ3n) is 12.1. The van der Waals surface area contributed by atoms with Gasteiger partial charge < -0.3 is 48.1 Å². The Balaban J connectivity index is 1.36. The highest BCUT2D eigenvalue weighted by Crippen LogP contribution is 2.51. The van der Waals surface area contributed by atoms with Gasteiger partial charge in [0.2, 0.25) is 17.1 Å². The number of aromatic hydroxyl groups is 2. The van der Waals surface area contributed by atoms with Crippen molar-refractivity contribution in [2.45, 2.75) is 62.2 Å². The highest BCUT2D eigenvalue weighted by Gasteiger charge is 2.43. The minimum Gasteiger partial charge on any atom is -0.492 e. The maximum atomic E-state index is 12.5. The standard InChI is InChI=1S/C49H67N3O19S3/c1-49(20-8-34-72(56,57)58)42-37-40(74(61,62)63)14-16-43(42)51(22-6-4-5-12-48(55)71-52-46(53)17-18-47(52)54)45(49)11-7-10-38-19-24-70-44-36-39(13-15-41(38)44)50(21-9-35-73(59,60)65-3)23-25-66-28-29-68-32-33-69-31-30-67-27-26-64-2/h7,10-11,13-19,24,36-37H,4-6,8-9,12,20-23,25-35H2,1-3H3,(H3-,53,54,56,57,58,61,62,63)/p+1. The van der Waals surface area contributed by atoms with Crippen molar-refractivity contribution in [3.63, 3.8) is 0 Å². The first-order chi connectivity index (χ1) is 35.3. The topological polar surface area (TPSA) is 289 Å². The van der Waals surface area contributed by atoms with Crippen LogP contribution in [0.25, 0.3) is 17.4 Å². The minimum absolute atomic E-state index is 0.00470. The average Bonchev–Trinajstić information content (AvgIpc) is 3.78. The predicted molar refractivity (Wildman–Crippen MR) is 272 cm³/mol. The molecule has 0 fully saturated rings. The van der Waals surface area contributed by atoms with Crippen molar-refractivity contribution in [2.75, 3.05) is 110 Å². The Bertz CT molecular complexity index is 2880. The van der Waals surface area contributed by atoms with E-state index in [1.165, 1.54) is 30.5 Å². The zero-order valence-electron chi connectivity index (χ0n) is 41.8. The van der Waals surface area contributed by atoms with Crippen molar-refractivity contribution in [1.29, 1.82) is 0 Å². The number of fused-ring (bicyclic) bond motifs is 2. The molecule has 0 bridgehead atoms. The molecule has 0 amide bonds. The molecule has 4 N–H and O–H groups in total. The molecule has 2 aromatic rings. The Morgan fingerprint density at radius 1 is 0.743 bits per heavy atom. The lowest BCUT2D eigenvalue weighted by molar-refractivity contribution is -0.145. The van der Waals surface area contributed by atoms with Gasteiger partial charge in [-0.15, -0.1) is 4.73 Å². The number of unbranched alkanes of at least 4 members (excludes halogenated alkanes) is 2. The van der Waals surface area contributed by atoms with Crippen molar-refractivity contribution in [1.82, 2.24) is 9.31 Å². The molecule has 410 valence electrons. The van der Waals surface area contributed by atoms with Gasteiger partial charge in [0.1, 0.15) is 18.9 Å². The van der Waals surface area contributed by atoms with Gasteiger partial charge in [-0.3, -0.25) is 13.3 Å². The Morgan fingerprint density at radius 2 is 1.41 bits per heavy atom. The number of ether oxygens (including phenoxy) is 5. The number of anilines is 1. The maximum Gasteiger partial charge on any atom is 0.333 e. The van der Waals surface area contributed by atoms with Gasteiger partial charge in [0.05, 0.1) is 88.7 Å². The fraction of sp³-hybridized carbons (Fsp3) is 0.510. The Morgan fingerprint density at radius 3 is 2.04 bits per heavy atom. The van der Waals surface area contributed by atoms with Gasteiger partial charge in [-0.05, 0) is 80.1 Å². The molecule has 0 saturated carbocycles. The third kappa shape index (κ3) is 18.3. The summed E-state index contributed by atoms with van der Waals surface area (Å²) >= 11 is 0. The summed E-state index contributed by atoms with van der Waals surface area (Å²) in [5.41, 5.74) is 2.26. The fourth-order valence-corrected chi connectivity index (χ4v) is 10.00. The molecular formula is C49H68N3O19S3+. The van der Waals surface area contributed by atoms with Gasteiger partial charge in [0.15, 0.2) is 6.54 Å². The third-order valence-corrected chi connectivity index (χ3v) is 15.0. The van der Waals surface area contributed by atoms with Crippen LogP contribution in [0.1, 0.15) is 63.0 Å². The summed E-state index contributed by atoms with van der Waals surface area (Å²) in [6.45, 7) is 6.72. The summed E-state index contributed by atoms with van der Waals surface area (Å²) in [7, 11) is -9.96. The molecule has 1 aliphatic carbocycles. The molecule has 74 heavy (non-hydrogen) atoms. The van der Waals surface area contributed by atoms with E-state index in [0.29, 0.717) is 126 Å². The SMILES string of the molecule is COCCOCCOCCOCCOCC[N+](CCCS(=O)(=O)OC)=c1ccc2c(C=CC=C3N(CCCCCC(=O)On4c(O)ccc4O)c4ccc(S(=O)(=O)O)cc4C3(C)CCCS(=O)(=O)O)ccoc-2c1. The van der Waals surface area contributed by atoms with E-state index in [1.54, 1.807) is 25.3 Å². The van der Waals surface area contributed by atoms with Crippen molar-refractivity contribution in [3.8, 4) is 23.1 Å². The van der Waals surface area contributed by atoms with Crippen LogP contribution >= 0.6 is 0 Å². The lowest BCUT2D eigenvalue weighted by atomic mass is 9.77. The van der Waals surface area contributed by atoms with Gasteiger partial charge in [-0.1, -0.05) is 18.6 Å². The number of nitrogens with zero attached hydrogens (tertiary/aromatic N) is 3. The first kappa shape index (κ1) is 59.7. The first-order valence-corrected chi connectivity index (χ1v) is 28.6. The molecule has 5 rings (SSSR count). The highest BCUT2D eigenvalue weighted by molar-refractivity contribution is 7.86. The molecule has 3 aliphatic rings. The lowest BCUT2D eigenvalue weighted by Gasteiger charge is -2.30. The van der Waals surface area contributed by atoms with Gasteiger partial charge in [0.25, 0.3) is 30.4 Å². The summed E-state index contributed by atoms with van der Waals surface area (Å²) in [6, 6.07) is 14.0. The van der Waals surface area contributed by atoms with Crippen molar-refractivity contribution in [2.24, 2.45) is 0 Å². The number of carbonyl (C=O) groups is 1. The van der Waals surface area contributed by atoms with Gasteiger partial charge in [-0.25, -0.2) is 9.37 Å². The molecule has 25 heteroatoms. The average molecular weight is 1100 g/mol. The van der Waals surface area contributed by atoms with E-state index in [1.807, 2.05) is 46.8 Å². The molecule has 1 aromatic carbocycles. The predicted octanol–water partition coefficient (Wildman–Crippen LogP) is 4.25. The number of rotatable bonds is 34. The van der Waals surface area contributed by atoms with Crippen LogP contribution in [0.3, 0.4) is 0 Å². The van der Waals surface area contributed by atoms with Crippen molar-refractivity contribution in [3.05, 3.63) is 95.2 Å². The number of benzene rings is 2.